The van der Waals surface area contributed by atoms with E-state index in [-0.39, 0.29) is 11.9 Å². The van der Waals surface area contributed by atoms with Crippen molar-refractivity contribution in [2.75, 3.05) is 19.6 Å². The lowest BCUT2D eigenvalue weighted by Gasteiger charge is -2.43. The van der Waals surface area contributed by atoms with E-state index in [0.717, 1.165) is 25.2 Å². The van der Waals surface area contributed by atoms with Crippen molar-refractivity contribution in [1.29, 1.82) is 5.26 Å². The minimum atomic E-state index is -0.679. The van der Waals surface area contributed by atoms with Crippen LogP contribution in [0.2, 0.25) is 0 Å². The van der Waals surface area contributed by atoms with Gasteiger partial charge >= 0.3 is 0 Å². The van der Waals surface area contributed by atoms with Gasteiger partial charge in [-0.1, -0.05) is 30.3 Å². The Morgan fingerprint density at radius 2 is 2.10 bits per heavy atom. The second kappa shape index (κ2) is 5.87. The fourth-order valence-corrected chi connectivity index (χ4v) is 3.58. The molecular formula is C17H21N3O. The molecule has 3 atom stereocenters. The fourth-order valence-electron chi connectivity index (χ4n) is 3.58. The quantitative estimate of drug-likeness (QED) is 0.834. The van der Waals surface area contributed by atoms with E-state index in [1.807, 2.05) is 35.2 Å². The van der Waals surface area contributed by atoms with E-state index in [1.54, 1.807) is 0 Å². The van der Waals surface area contributed by atoms with Crippen LogP contribution in [0.1, 0.15) is 31.2 Å². The molecule has 2 saturated heterocycles. The van der Waals surface area contributed by atoms with E-state index in [1.165, 1.54) is 12.8 Å². The highest BCUT2D eigenvalue weighted by Gasteiger charge is 2.38. The van der Waals surface area contributed by atoms with Crippen molar-refractivity contribution in [1.82, 2.24) is 9.80 Å². The van der Waals surface area contributed by atoms with Crippen molar-refractivity contribution in [2.24, 2.45) is 0 Å². The number of carbonyl (C=O) groups is 1. The highest BCUT2D eigenvalue weighted by atomic mass is 16.2. The number of nitriles is 1. The van der Waals surface area contributed by atoms with Gasteiger partial charge in [-0.05, 0) is 31.9 Å². The van der Waals surface area contributed by atoms with E-state index in [9.17, 15) is 10.1 Å². The summed E-state index contributed by atoms with van der Waals surface area (Å²) in [6.45, 7) is 4.94. The molecular weight excluding hydrogens is 262 g/mol. The Bertz CT molecular complexity index is 551. The number of nitrogens with zero attached hydrogens (tertiary/aromatic N) is 3. The highest BCUT2D eigenvalue weighted by molar-refractivity contribution is 5.87. The molecule has 2 aliphatic heterocycles. The molecule has 1 aromatic carbocycles. The molecule has 1 amide bonds. The molecule has 0 radical (unpaired) electrons. The maximum absolute atomic E-state index is 12.8. The van der Waals surface area contributed by atoms with Crippen LogP contribution in [0, 0.1) is 11.3 Å². The van der Waals surface area contributed by atoms with Crippen LogP contribution in [0.3, 0.4) is 0 Å². The molecule has 0 spiro atoms. The first-order valence-electron chi connectivity index (χ1n) is 7.70. The molecule has 21 heavy (non-hydrogen) atoms. The van der Waals surface area contributed by atoms with Gasteiger partial charge in [0.25, 0.3) is 0 Å². The zero-order valence-electron chi connectivity index (χ0n) is 12.4. The average molecular weight is 283 g/mol. The van der Waals surface area contributed by atoms with Gasteiger partial charge in [-0.3, -0.25) is 9.69 Å². The van der Waals surface area contributed by atoms with E-state index in [4.69, 9.17) is 0 Å². The van der Waals surface area contributed by atoms with Gasteiger partial charge in [0.1, 0.15) is 5.92 Å². The topological polar surface area (TPSA) is 47.3 Å². The minimum Gasteiger partial charge on any atom is -0.336 e. The summed E-state index contributed by atoms with van der Waals surface area (Å²) in [5.74, 6) is -0.718. The summed E-state index contributed by atoms with van der Waals surface area (Å²) in [7, 11) is 0. The number of amides is 1. The smallest absolute Gasteiger partial charge is 0.244 e. The minimum absolute atomic E-state index is 0.0391. The number of benzene rings is 1. The van der Waals surface area contributed by atoms with Gasteiger partial charge < -0.3 is 4.90 Å². The van der Waals surface area contributed by atoms with Crippen molar-refractivity contribution < 1.29 is 4.79 Å². The van der Waals surface area contributed by atoms with Crippen LogP contribution in [0.25, 0.3) is 0 Å². The molecule has 1 aromatic rings. The lowest BCUT2D eigenvalue weighted by molar-refractivity contribution is -0.137. The van der Waals surface area contributed by atoms with Crippen molar-refractivity contribution in [3.8, 4) is 6.07 Å². The van der Waals surface area contributed by atoms with Gasteiger partial charge in [0.05, 0.1) is 6.07 Å². The van der Waals surface area contributed by atoms with Crippen LogP contribution in [-0.4, -0.2) is 47.4 Å². The lowest BCUT2D eigenvalue weighted by atomic mass is 9.97. The summed E-state index contributed by atoms with van der Waals surface area (Å²) in [6.07, 6.45) is 2.39. The maximum atomic E-state index is 12.8. The first-order chi connectivity index (χ1) is 10.2. The first kappa shape index (κ1) is 14.1. The average Bonchev–Trinajstić information content (AvgIpc) is 2.95. The molecule has 0 saturated carbocycles. The largest absolute Gasteiger partial charge is 0.336 e. The molecule has 2 aliphatic rings. The Kier molecular flexibility index (Phi) is 3.94. The normalized spacial score (nSPS) is 27.0. The number of carbonyl (C=O) groups excluding carboxylic acids is 1. The number of fused-ring (bicyclic) bond motifs is 1. The molecule has 0 N–H and O–H groups in total. The zero-order chi connectivity index (χ0) is 14.8. The third kappa shape index (κ3) is 2.66. The number of piperazine rings is 1. The van der Waals surface area contributed by atoms with E-state index in [0.29, 0.717) is 6.04 Å². The van der Waals surface area contributed by atoms with Crippen LogP contribution in [0.15, 0.2) is 30.3 Å². The fraction of sp³-hybridized carbons (Fsp3) is 0.529. The maximum Gasteiger partial charge on any atom is 0.244 e. The second-order valence-electron chi connectivity index (χ2n) is 6.10. The Hall–Kier alpha value is -1.86. The summed E-state index contributed by atoms with van der Waals surface area (Å²) in [4.78, 5) is 17.2. The van der Waals surface area contributed by atoms with Crippen LogP contribution >= 0.6 is 0 Å². The molecule has 0 aliphatic carbocycles. The van der Waals surface area contributed by atoms with E-state index >= 15 is 0 Å². The third-order valence-electron chi connectivity index (χ3n) is 4.73. The molecule has 3 rings (SSSR count). The Morgan fingerprint density at radius 1 is 1.33 bits per heavy atom. The van der Waals surface area contributed by atoms with Gasteiger partial charge in [-0.15, -0.1) is 0 Å². The van der Waals surface area contributed by atoms with E-state index < -0.39 is 5.92 Å². The van der Waals surface area contributed by atoms with Crippen LogP contribution in [-0.2, 0) is 4.79 Å². The van der Waals surface area contributed by atoms with Crippen molar-refractivity contribution in [3.05, 3.63) is 35.9 Å². The van der Waals surface area contributed by atoms with Crippen LogP contribution < -0.4 is 0 Å². The van der Waals surface area contributed by atoms with Crippen molar-refractivity contribution in [2.45, 2.75) is 37.8 Å². The monoisotopic (exact) mass is 283 g/mol. The SMILES string of the molecule is CC1CN2CCCC2CN1C(=O)C(C#N)c1ccccc1. The summed E-state index contributed by atoms with van der Waals surface area (Å²) in [6, 6.07) is 12.3. The van der Waals surface area contributed by atoms with Crippen molar-refractivity contribution >= 4 is 5.91 Å². The van der Waals surface area contributed by atoms with Crippen LogP contribution in [0.4, 0.5) is 0 Å². The molecule has 4 nitrogen and oxygen atoms in total. The Balaban J connectivity index is 1.79. The molecule has 3 unspecified atom stereocenters. The van der Waals surface area contributed by atoms with Gasteiger partial charge in [-0.2, -0.15) is 5.26 Å². The van der Waals surface area contributed by atoms with Crippen LogP contribution in [0.5, 0.6) is 0 Å². The molecule has 4 heteroatoms. The summed E-state index contributed by atoms with van der Waals surface area (Å²) < 4.78 is 0. The predicted octanol–water partition coefficient (Wildman–Crippen LogP) is 1.99. The van der Waals surface area contributed by atoms with E-state index in [2.05, 4.69) is 17.9 Å². The zero-order valence-corrected chi connectivity index (χ0v) is 12.4. The lowest BCUT2D eigenvalue weighted by Crippen LogP contribution is -2.57. The van der Waals surface area contributed by atoms with Crippen molar-refractivity contribution in [3.63, 3.8) is 0 Å². The highest BCUT2D eigenvalue weighted by Crippen LogP contribution is 2.27. The second-order valence-corrected chi connectivity index (χ2v) is 6.10. The number of rotatable bonds is 2. The Labute approximate surface area is 126 Å². The molecule has 0 bridgehead atoms. The molecule has 110 valence electrons. The van der Waals surface area contributed by atoms with Gasteiger partial charge in [0, 0.05) is 25.2 Å². The summed E-state index contributed by atoms with van der Waals surface area (Å²) in [5.41, 5.74) is 0.797. The number of hydrogen-bond donors (Lipinski definition) is 0. The first-order valence-corrected chi connectivity index (χ1v) is 7.70. The Morgan fingerprint density at radius 3 is 2.81 bits per heavy atom. The predicted molar refractivity (Wildman–Crippen MR) is 80.6 cm³/mol. The third-order valence-corrected chi connectivity index (χ3v) is 4.73. The number of hydrogen-bond acceptors (Lipinski definition) is 3. The van der Waals surface area contributed by atoms with Gasteiger partial charge in [-0.25, -0.2) is 0 Å². The van der Waals surface area contributed by atoms with Gasteiger partial charge in [0.2, 0.25) is 5.91 Å². The standard InChI is InChI=1S/C17H21N3O/c1-13-11-19-9-5-8-15(19)12-20(13)17(21)16(10-18)14-6-3-2-4-7-14/h2-4,6-7,13,15-16H,5,8-9,11-12H2,1H3. The summed E-state index contributed by atoms with van der Waals surface area (Å²) >= 11 is 0. The molecule has 0 aromatic heterocycles. The summed E-state index contributed by atoms with van der Waals surface area (Å²) in [5, 5.41) is 9.45. The van der Waals surface area contributed by atoms with Gasteiger partial charge in [0.15, 0.2) is 0 Å². The molecule has 2 heterocycles. The molecule has 2 fully saturated rings.